The molecule has 0 bridgehead atoms. The summed E-state index contributed by atoms with van der Waals surface area (Å²) < 4.78 is 88.3. The zero-order valence-electron chi connectivity index (χ0n) is 25.6. The first-order valence-corrected chi connectivity index (χ1v) is 19.5. The van der Waals surface area contributed by atoms with Gasteiger partial charge in [0.25, 0.3) is 11.6 Å². The number of halogens is 6. The molecule has 0 amide bonds. The van der Waals surface area contributed by atoms with Crippen LogP contribution in [0.1, 0.15) is 69.3 Å². The van der Waals surface area contributed by atoms with Crippen molar-refractivity contribution in [3.05, 3.63) is 56.3 Å². The molecule has 0 saturated heterocycles. The molecule has 48 heavy (non-hydrogen) atoms. The summed E-state index contributed by atoms with van der Waals surface area (Å²) in [6, 6.07) is 5.60. The number of thiophene rings is 5. The summed E-state index contributed by atoms with van der Waals surface area (Å²) in [5.74, 6) is -3.72. The van der Waals surface area contributed by atoms with Crippen molar-refractivity contribution in [2.75, 3.05) is 0 Å². The van der Waals surface area contributed by atoms with Gasteiger partial charge < -0.3 is 0 Å². The molecule has 0 saturated carbocycles. The Bertz CT molecular complexity index is 2010. The van der Waals surface area contributed by atoms with Crippen molar-refractivity contribution in [3.63, 3.8) is 0 Å². The molecule has 0 aliphatic carbocycles. The SMILES string of the molecule is CCc1c(-c2ccc(C(=O)C(F)(F)F)s2)sc(-c2sc(-c3sc(-c4ccc(C(=O)C(F)(F)F)s4)c(CC)c3CC)c3c2N=S=N3)c1CC. The summed E-state index contributed by atoms with van der Waals surface area (Å²) in [6.45, 7) is 8.04. The van der Waals surface area contributed by atoms with Crippen LogP contribution in [-0.4, -0.2) is 23.9 Å². The van der Waals surface area contributed by atoms with Gasteiger partial charge in [-0.15, -0.1) is 56.7 Å². The van der Waals surface area contributed by atoms with Crippen LogP contribution in [0.5, 0.6) is 0 Å². The van der Waals surface area contributed by atoms with Gasteiger partial charge in [-0.25, -0.2) is 0 Å². The highest BCUT2D eigenvalue weighted by Gasteiger charge is 2.41. The average Bonchev–Trinajstić information content (AvgIpc) is 3.88. The third kappa shape index (κ3) is 6.02. The van der Waals surface area contributed by atoms with E-state index in [-0.39, 0.29) is 9.75 Å². The molecule has 1 aliphatic rings. The summed E-state index contributed by atoms with van der Waals surface area (Å²) in [6.07, 6.45) is -7.29. The van der Waals surface area contributed by atoms with Crippen LogP contribution in [0.15, 0.2) is 33.0 Å². The van der Waals surface area contributed by atoms with E-state index in [1.807, 2.05) is 27.7 Å². The molecule has 0 N–H and O–H groups in total. The van der Waals surface area contributed by atoms with Crippen LogP contribution in [0.25, 0.3) is 39.0 Å². The molecule has 0 spiro atoms. The number of hydrogen-bond acceptors (Lipinski definition) is 9. The van der Waals surface area contributed by atoms with Gasteiger partial charge in [-0.05, 0) is 72.2 Å². The van der Waals surface area contributed by atoms with Gasteiger partial charge in [0.1, 0.15) is 11.4 Å². The highest BCUT2D eigenvalue weighted by Crippen LogP contribution is 2.60. The second-order valence-electron chi connectivity index (χ2n) is 10.6. The molecule has 6 rings (SSSR count). The van der Waals surface area contributed by atoms with Gasteiger partial charge in [-0.1, -0.05) is 27.7 Å². The molecule has 6 heterocycles. The minimum atomic E-state index is -4.95. The van der Waals surface area contributed by atoms with Crippen LogP contribution >= 0.6 is 56.7 Å². The zero-order chi connectivity index (χ0) is 34.7. The number of rotatable bonds is 10. The van der Waals surface area contributed by atoms with Crippen molar-refractivity contribution >= 4 is 91.0 Å². The first kappa shape index (κ1) is 35.1. The third-order valence-corrected chi connectivity index (χ3v) is 14.9. The number of hydrogen-bond donors (Lipinski definition) is 0. The van der Waals surface area contributed by atoms with Crippen molar-refractivity contribution in [1.29, 1.82) is 0 Å². The standard InChI is InChI=1S/C32H24F6N2O2S6/c1-5-13-15(7-3)25(45-23(13)17-9-11-19(43-17)29(41)31(33,34)35)27-21-22(40-48-39-21)28(47-27)26-16(8-4)14(6-2)24(46-26)18-10-12-20(44-18)30(42)32(36,37)38/h9-12H,5-8H2,1-4H3. The highest BCUT2D eigenvalue weighted by atomic mass is 32.1. The van der Waals surface area contributed by atoms with E-state index in [9.17, 15) is 35.9 Å². The van der Waals surface area contributed by atoms with E-state index in [2.05, 4.69) is 8.73 Å². The normalized spacial score (nSPS) is 13.0. The number of alkyl halides is 6. The molecule has 5 aromatic heterocycles. The van der Waals surface area contributed by atoms with E-state index in [1.165, 1.54) is 46.1 Å². The molecule has 1 aliphatic heterocycles. The fourth-order valence-electron chi connectivity index (χ4n) is 5.70. The summed E-state index contributed by atoms with van der Waals surface area (Å²) in [7, 11) is 0. The van der Waals surface area contributed by atoms with Crippen LogP contribution in [0.3, 0.4) is 0 Å². The van der Waals surface area contributed by atoms with Gasteiger partial charge in [-0.3, -0.25) is 9.59 Å². The lowest BCUT2D eigenvalue weighted by molar-refractivity contribution is -0.0885. The fourth-order valence-corrected chi connectivity index (χ4v) is 13.0. The number of fused-ring (bicyclic) bond motifs is 1. The van der Waals surface area contributed by atoms with Crippen molar-refractivity contribution in [3.8, 4) is 39.0 Å². The van der Waals surface area contributed by atoms with Crippen molar-refractivity contribution < 1.29 is 35.9 Å². The zero-order valence-corrected chi connectivity index (χ0v) is 30.5. The topological polar surface area (TPSA) is 58.9 Å². The van der Waals surface area contributed by atoms with E-state index in [4.69, 9.17) is 0 Å². The fraction of sp³-hybridized carbons (Fsp3) is 0.312. The third-order valence-electron chi connectivity index (χ3n) is 7.80. The lowest BCUT2D eigenvalue weighted by Crippen LogP contribution is -2.21. The molecule has 5 aromatic rings. The van der Waals surface area contributed by atoms with E-state index < -0.39 is 23.9 Å². The number of Topliss-reactive ketones (excluding diaryl/α,β-unsaturated/α-hetero) is 2. The average molecular weight is 775 g/mol. The first-order valence-electron chi connectivity index (χ1n) is 14.7. The summed E-state index contributed by atoms with van der Waals surface area (Å²) in [4.78, 5) is 29.7. The molecule has 4 nitrogen and oxygen atoms in total. The number of carbonyl (C=O) groups excluding carboxylic acids is 2. The van der Waals surface area contributed by atoms with Gasteiger partial charge in [0.05, 0.1) is 40.6 Å². The Labute approximate surface area is 295 Å². The summed E-state index contributed by atoms with van der Waals surface area (Å²) in [5, 5.41) is 0. The molecule has 0 aromatic carbocycles. The monoisotopic (exact) mass is 774 g/mol. The predicted molar refractivity (Wildman–Crippen MR) is 187 cm³/mol. The van der Waals surface area contributed by atoms with Gasteiger partial charge in [-0.2, -0.15) is 35.1 Å². The Morgan fingerprint density at radius 2 is 0.854 bits per heavy atom. The molecule has 0 radical (unpaired) electrons. The maximum atomic E-state index is 13.2. The molecule has 0 fully saturated rings. The van der Waals surface area contributed by atoms with Gasteiger partial charge in [0.15, 0.2) is 0 Å². The Morgan fingerprint density at radius 1 is 0.521 bits per heavy atom. The van der Waals surface area contributed by atoms with Crippen molar-refractivity contribution in [2.45, 2.75) is 65.7 Å². The quantitative estimate of drug-likeness (QED) is 0.103. The molecule has 252 valence electrons. The second-order valence-corrected chi connectivity index (χ2v) is 16.3. The van der Waals surface area contributed by atoms with Gasteiger partial charge >= 0.3 is 12.4 Å². The number of nitrogens with zero attached hydrogens (tertiary/aromatic N) is 2. The van der Waals surface area contributed by atoms with Crippen molar-refractivity contribution in [2.24, 2.45) is 8.73 Å². The van der Waals surface area contributed by atoms with E-state index in [1.54, 1.807) is 12.1 Å². The van der Waals surface area contributed by atoms with Gasteiger partial charge in [0, 0.05) is 19.5 Å². The van der Waals surface area contributed by atoms with E-state index >= 15 is 0 Å². The molecule has 0 unspecified atom stereocenters. The lowest BCUT2D eigenvalue weighted by Gasteiger charge is -2.04. The Balaban J connectivity index is 1.48. The molecule has 0 atom stereocenters. The smallest absolute Gasteiger partial charge is 0.283 e. The Hall–Kier alpha value is -2.76. The maximum absolute atomic E-state index is 13.2. The van der Waals surface area contributed by atoms with E-state index in [0.29, 0.717) is 46.8 Å². The molecular formula is C32H24F6N2O2S6. The Kier molecular flexibility index (Phi) is 9.63. The molecule has 16 heteroatoms. The Morgan fingerprint density at radius 3 is 1.19 bits per heavy atom. The van der Waals surface area contributed by atoms with Crippen LogP contribution in [0.4, 0.5) is 37.7 Å². The lowest BCUT2D eigenvalue weighted by atomic mass is 10.0. The number of ketones is 2. The predicted octanol–water partition coefficient (Wildman–Crippen LogP) is 13.1. The van der Waals surface area contributed by atoms with Crippen LogP contribution in [0, 0.1) is 0 Å². The second kappa shape index (κ2) is 13.2. The van der Waals surface area contributed by atoms with Gasteiger partial charge in [0.2, 0.25) is 0 Å². The van der Waals surface area contributed by atoms with Crippen LogP contribution in [0.2, 0.25) is 0 Å². The largest absolute Gasteiger partial charge is 0.455 e. The van der Waals surface area contributed by atoms with E-state index in [0.717, 1.165) is 85.5 Å². The molecular weight excluding hydrogens is 751 g/mol. The van der Waals surface area contributed by atoms with Crippen LogP contribution in [-0.2, 0) is 37.0 Å². The minimum Gasteiger partial charge on any atom is -0.283 e. The minimum absolute atomic E-state index is 0.356. The number of carbonyl (C=O) groups is 2. The van der Waals surface area contributed by atoms with Crippen molar-refractivity contribution in [1.82, 2.24) is 0 Å². The van der Waals surface area contributed by atoms with Crippen LogP contribution < -0.4 is 0 Å². The summed E-state index contributed by atoms with van der Waals surface area (Å²) in [5.41, 5.74) is 5.59. The highest BCUT2D eigenvalue weighted by molar-refractivity contribution is 7.58. The summed E-state index contributed by atoms with van der Waals surface area (Å²) >= 11 is 7.23. The maximum Gasteiger partial charge on any atom is 0.455 e. The first-order chi connectivity index (χ1) is 22.7.